The Hall–Kier alpha value is 0.0231. The second kappa shape index (κ2) is 11.0. The van der Waals surface area contributed by atoms with Crippen molar-refractivity contribution >= 4 is 11.8 Å². The maximum absolute atomic E-state index is 10.4. The summed E-state index contributed by atoms with van der Waals surface area (Å²) in [4.78, 5) is 20.6. The van der Waals surface area contributed by atoms with E-state index in [1.807, 2.05) is 0 Å². The number of rotatable bonds is 3. The summed E-state index contributed by atoms with van der Waals surface area (Å²) in [6.07, 6.45) is -0.103. The number of carbonyl (C=O) groups is 2. The van der Waals surface area contributed by atoms with Gasteiger partial charge < -0.3 is 4.74 Å². The normalized spacial score (nSPS) is 7.83. The molecule has 0 N–H and O–H groups in total. The van der Waals surface area contributed by atoms with Crippen LogP contribution in [0.3, 0.4) is 0 Å². The van der Waals surface area contributed by atoms with Gasteiger partial charge in [-0.25, -0.2) is 0 Å². The Bertz CT molecular complexity index is 134. The number of esters is 1. The van der Waals surface area contributed by atoms with Gasteiger partial charge >= 0.3 is 41.7 Å². The molecule has 0 heterocycles. The fourth-order valence-electron chi connectivity index (χ4n) is 0.415. The average molecular weight is 250 g/mol. The summed E-state index contributed by atoms with van der Waals surface area (Å²) in [5, 5.41) is 0. The molecule has 0 aliphatic heterocycles. The summed E-state index contributed by atoms with van der Waals surface area (Å²) < 4.78 is 5.83. The van der Waals surface area contributed by atoms with E-state index in [-0.39, 0.29) is 12.2 Å². The molecule has 0 atom stereocenters. The fraction of sp³-hybridized carbons (Fsp3) is 0.750. The van der Waals surface area contributed by atoms with Gasteiger partial charge in [-0.3, -0.25) is 9.59 Å². The summed E-state index contributed by atoms with van der Waals surface area (Å²) >= 11 is 1.64. The molecule has 0 saturated carbocycles. The predicted molar refractivity (Wildman–Crippen MR) is 42.4 cm³/mol. The van der Waals surface area contributed by atoms with Crippen molar-refractivity contribution in [2.24, 2.45) is 0 Å². The molecule has 69 valence electrons. The molecule has 4 heteroatoms. The first-order valence-corrected chi connectivity index (χ1v) is 5.61. The van der Waals surface area contributed by atoms with Crippen LogP contribution in [0.2, 0.25) is 4.13 Å². The third-order valence-electron chi connectivity index (χ3n) is 0.699. The molecule has 0 aromatic heterocycles. The van der Waals surface area contributed by atoms with Gasteiger partial charge in [0.2, 0.25) is 0 Å². The minimum absolute atomic E-state index is 0.103. The zero-order chi connectivity index (χ0) is 9.98. The van der Waals surface area contributed by atoms with Gasteiger partial charge in [-0.05, 0) is 13.8 Å². The number of ether oxygens (including phenoxy) is 1. The van der Waals surface area contributed by atoms with Crippen molar-refractivity contribution in [3.8, 4) is 0 Å². The standard InChI is InChI=1S/C6H10O3.C2H5.Zr/c1-3-9-6(8)4-5(2)7;1-2;/h3-4H2,1-2H3;1H2,2H3;. The van der Waals surface area contributed by atoms with Gasteiger partial charge in [0.15, 0.2) is 0 Å². The summed E-state index contributed by atoms with van der Waals surface area (Å²) in [7, 11) is 0. The second-order valence-corrected chi connectivity index (χ2v) is 3.78. The topological polar surface area (TPSA) is 43.4 Å². The Balaban J connectivity index is 0. The van der Waals surface area contributed by atoms with E-state index >= 15 is 0 Å². The van der Waals surface area contributed by atoms with Crippen LogP contribution in [0, 0.1) is 0 Å². The average Bonchev–Trinajstić information content (AvgIpc) is 1.87. The first-order chi connectivity index (χ1) is 5.58. The third kappa shape index (κ3) is 16.5. The SMILES string of the molecule is CCOC(=O)CC(C)=O.C[CH2][Zr]. The van der Waals surface area contributed by atoms with Crippen molar-refractivity contribution in [2.45, 2.75) is 31.3 Å². The number of Topliss-reactive ketones (excluding diaryl/α,β-unsaturated/α-hetero) is 1. The van der Waals surface area contributed by atoms with Gasteiger partial charge in [0.05, 0.1) is 6.61 Å². The molecule has 0 aliphatic rings. The van der Waals surface area contributed by atoms with Crippen LogP contribution in [0.25, 0.3) is 0 Å². The Kier molecular flexibility index (Phi) is 13.4. The number of hydrogen-bond donors (Lipinski definition) is 0. The van der Waals surface area contributed by atoms with E-state index < -0.39 is 5.97 Å². The summed E-state index contributed by atoms with van der Waals surface area (Å²) in [5.41, 5.74) is 0. The first-order valence-electron chi connectivity index (χ1n) is 3.88. The van der Waals surface area contributed by atoms with Crippen molar-refractivity contribution in [3.05, 3.63) is 0 Å². The number of hydrogen-bond acceptors (Lipinski definition) is 3. The molecular weight excluding hydrogens is 235 g/mol. The van der Waals surface area contributed by atoms with E-state index in [1.54, 1.807) is 31.6 Å². The van der Waals surface area contributed by atoms with Crippen LogP contribution in [-0.2, 0) is 39.0 Å². The van der Waals surface area contributed by atoms with Crippen molar-refractivity contribution in [1.82, 2.24) is 0 Å². The van der Waals surface area contributed by atoms with Crippen molar-refractivity contribution in [3.63, 3.8) is 0 Å². The fourth-order valence-corrected chi connectivity index (χ4v) is 0.415. The van der Waals surface area contributed by atoms with E-state index in [2.05, 4.69) is 11.7 Å². The molecule has 0 aromatic carbocycles. The van der Waals surface area contributed by atoms with Gasteiger partial charge in [-0.1, -0.05) is 0 Å². The minimum atomic E-state index is -0.440. The number of ketones is 1. The Labute approximate surface area is 88.7 Å². The van der Waals surface area contributed by atoms with Crippen LogP contribution in [0.1, 0.15) is 27.2 Å². The predicted octanol–water partition coefficient (Wildman–Crippen LogP) is 1.50. The monoisotopic (exact) mass is 249 g/mol. The molecule has 0 rings (SSSR count). The zero-order valence-corrected chi connectivity index (χ0v) is 10.3. The molecule has 3 nitrogen and oxygen atoms in total. The van der Waals surface area contributed by atoms with Gasteiger partial charge in [0, 0.05) is 0 Å². The molecule has 0 aromatic rings. The Morgan fingerprint density at radius 3 is 2.00 bits per heavy atom. The van der Waals surface area contributed by atoms with Gasteiger partial charge in [-0.15, -0.1) is 0 Å². The van der Waals surface area contributed by atoms with Crippen LogP contribution in [0.4, 0.5) is 0 Å². The summed E-state index contributed by atoms with van der Waals surface area (Å²) in [6, 6.07) is 0. The van der Waals surface area contributed by atoms with Gasteiger partial charge in [-0.2, -0.15) is 0 Å². The van der Waals surface area contributed by atoms with Crippen LogP contribution < -0.4 is 0 Å². The molecule has 0 unspecified atom stereocenters. The molecule has 0 saturated heterocycles. The first kappa shape index (κ1) is 14.5. The summed E-state index contributed by atoms with van der Waals surface area (Å²) in [5.74, 6) is -0.599. The van der Waals surface area contributed by atoms with E-state index in [0.29, 0.717) is 6.61 Å². The van der Waals surface area contributed by atoms with Crippen LogP contribution in [0.5, 0.6) is 0 Å². The molecular formula is C8H15O3Zr. The van der Waals surface area contributed by atoms with Crippen molar-refractivity contribution in [2.75, 3.05) is 6.61 Å². The molecule has 12 heavy (non-hydrogen) atoms. The maximum atomic E-state index is 10.4. The quantitative estimate of drug-likeness (QED) is 0.563. The van der Waals surface area contributed by atoms with Crippen molar-refractivity contribution < 1.29 is 39.0 Å². The van der Waals surface area contributed by atoms with Gasteiger partial charge in [0.1, 0.15) is 12.2 Å². The van der Waals surface area contributed by atoms with E-state index in [9.17, 15) is 9.59 Å². The van der Waals surface area contributed by atoms with E-state index in [0.717, 1.165) is 0 Å². The zero-order valence-electron chi connectivity index (χ0n) is 7.85. The molecule has 0 fully saturated rings. The third-order valence-corrected chi connectivity index (χ3v) is 0.699. The number of carbonyl (C=O) groups excluding carboxylic acids is 2. The summed E-state index contributed by atoms with van der Waals surface area (Å²) in [6.45, 7) is 5.57. The second-order valence-electron chi connectivity index (χ2n) is 2.04. The Morgan fingerprint density at radius 2 is 1.75 bits per heavy atom. The Morgan fingerprint density at radius 1 is 1.33 bits per heavy atom. The van der Waals surface area contributed by atoms with Crippen LogP contribution >= 0.6 is 0 Å². The molecule has 0 amide bonds. The molecule has 0 aliphatic carbocycles. The van der Waals surface area contributed by atoms with Crippen molar-refractivity contribution in [1.29, 1.82) is 0 Å². The molecule has 0 bridgehead atoms. The van der Waals surface area contributed by atoms with Gasteiger partial charge in [0.25, 0.3) is 0 Å². The molecule has 0 radical (unpaired) electrons. The molecule has 0 spiro atoms. The van der Waals surface area contributed by atoms with Crippen LogP contribution in [0.15, 0.2) is 0 Å². The van der Waals surface area contributed by atoms with E-state index in [4.69, 9.17) is 0 Å². The van der Waals surface area contributed by atoms with Crippen LogP contribution in [-0.4, -0.2) is 18.4 Å². The van der Waals surface area contributed by atoms with E-state index in [1.165, 1.54) is 11.1 Å².